The van der Waals surface area contributed by atoms with E-state index in [-0.39, 0.29) is 12.4 Å². The molecule has 1 aromatic heterocycles. The summed E-state index contributed by atoms with van der Waals surface area (Å²) in [7, 11) is 0. The number of amides is 1. The molecular formula is C9H11F2N3O3. The van der Waals surface area contributed by atoms with E-state index >= 15 is 0 Å². The van der Waals surface area contributed by atoms with Gasteiger partial charge in [0.1, 0.15) is 0 Å². The van der Waals surface area contributed by atoms with Gasteiger partial charge in [0.25, 0.3) is 11.8 Å². The second-order valence-electron chi connectivity index (χ2n) is 3.60. The maximum absolute atomic E-state index is 12.4. The Bertz CT molecular complexity index is 425. The quantitative estimate of drug-likeness (QED) is 0.626. The summed E-state index contributed by atoms with van der Waals surface area (Å²) in [5.41, 5.74) is 0. The van der Waals surface area contributed by atoms with E-state index in [1.165, 1.54) is 18.3 Å². The topological polar surface area (TPSA) is 77.2 Å². The van der Waals surface area contributed by atoms with E-state index in [0.717, 1.165) is 4.57 Å². The molecule has 0 radical (unpaired) electrons. The van der Waals surface area contributed by atoms with Crippen molar-refractivity contribution in [3.8, 4) is 0 Å². The Balaban J connectivity index is 2.57. The van der Waals surface area contributed by atoms with Crippen LogP contribution >= 0.6 is 0 Å². The molecule has 0 spiro atoms. The van der Waals surface area contributed by atoms with Crippen LogP contribution in [0.1, 0.15) is 6.92 Å². The lowest BCUT2D eigenvalue weighted by Crippen LogP contribution is -2.36. The molecule has 1 N–H and O–H groups in total. The standard InChI is InChI=1S/C9H11F2N3O3/c1-9(10,11)6-12-7(15)5-13-4-2-3-8(13)14(16)17/h2-4H,5-6H2,1H3,(H,12,15). The van der Waals surface area contributed by atoms with Crippen molar-refractivity contribution < 1.29 is 18.5 Å². The highest BCUT2D eigenvalue weighted by Crippen LogP contribution is 2.12. The number of alkyl halides is 2. The van der Waals surface area contributed by atoms with Crippen LogP contribution in [0.25, 0.3) is 0 Å². The summed E-state index contributed by atoms with van der Waals surface area (Å²) in [6.45, 7) is -0.480. The Morgan fingerprint density at radius 1 is 1.65 bits per heavy atom. The number of nitrogens with one attached hydrogen (secondary N) is 1. The van der Waals surface area contributed by atoms with E-state index in [1.54, 1.807) is 0 Å². The first-order valence-electron chi connectivity index (χ1n) is 4.73. The lowest BCUT2D eigenvalue weighted by molar-refractivity contribution is -0.391. The number of aromatic nitrogens is 1. The van der Waals surface area contributed by atoms with Gasteiger partial charge in [-0.15, -0.1) is 0 Å². The van der Waals surface area contributed by atoms with Crippen molar-refractivity contribution >= 4 is 11.7 Å². The number of halogens is 2. The van der Waals surface area contributed by atoms with Crippen molar-refractivity contribution in [1.82, 2.24) is 9.88 Å². The first-order chi connectivity index (χ1) is 7.79. The number of rotatable bonds is 5. The third-order valence-electron chi connectivity index (χ3n) is 1.90. The third kappa shape index (κ3) is 4.17. The number of hydrogen-bond donors (Lipinski definition) is 1. The minimum Gasteiger partial charge on any atom is -0.358 e. The third-order valence-corrected chi connectivity index (χ3v) is 1.90. The van der Waals surface area contributed by atoms with Crippen LogP contribution in [0.5, 0.6) is 0 Å². The van der Waals surface area contributed by atoms with Crippen molar-refractivity contribution in [2.75, 3.05) is 6.54 Å². The molecule has 0 atom stereocenters. The monoisotopic (exact) mass is 247 g/mol. The number of carbonyl (C=O) groups is 1. The van der Waals surface area contributed by atoms with Gasteiger partial charge >= 0.3 is 5.82 Å². The molecule has 6 nitrogen and oxygen atoms in total. The van der Waals surface area contributed by atoms with Crippen LogP contribution < -0.4 is 5.32 Å². The number of hydrogen-bond acceptors (Lipinski definition) is 3. The molecule has 1 amide bonds. The molecule has 94 valence electrons. The highest BCUT2D eigenvalue weighted by Gasteiger charge is 2.23. The predicted molar refractivity (Wildman–Crippen MR) is 54.7 cm³/mol. The predicted octanol–water partition coefficient (Wildman–Crippen LogP) is 1.17. The van der Waals surface area contributed by atoms with E-state index < -0.39 is 23.3 Å². The van der Waals surface area contributed by atoms with E-state index in [0.29, 0.717) is 6.92 Å². The van der Waals surface area contributed by atoms with Crippen LogP contribution in [0.3, 0.4) is 0 Å². The molecule has 0 aromatic carbocycles. The van der Waals surface area contributed by atoms with Gasteiger partial charge in [0, 0.05) is 13.0 Å². The molecule has 0 fully saturated rings. The van der Waals surface area contributed by atoms with Crippen LogP contribution in [-0.2, 0) is 11.3 Å². The smallest absolute Gasteiger partial charge is 0.323 e. The van der Waals surface area contributed by atoms with Gasteiger partial charge < -0.3 is 15.4 Å². The van der Waals surface area contributed by atoms with Gasteiger partial charge in [-0.05, 0) is 11.0 Å². The Labute approximate surface area is 95.4 Å². The summed E-state index contributed by atoms with van der Waals surface area (Å²) in [6.07, 6.45) is 1.34. The molecule has 0 aliphatic carbocycles. The van der Waals surface area contributed by atoms with E-state index in [2.05, 4.69) is 0 Å². The summed E-state index contributed by atoms with van der Waals surface area (Å²) in [4.78, 5) is 21.1. The number of nitro groups is 1. The van der Waals surface area contributed by atoms with Crippen LogP contribution in [0.2, 0.25) is 0 Å². The van der Waals surface area contributed by atoms with Gasteiger partial charge in [-0.3, -0.25) is 4.79 Å². The summed E-state index contributed by atoms with van der Waals surface area (Å²) in [5.74, 6) is -3.97. The van der Waals surface area contributed by atoms with Gasteiger partial charge in [0.15, 0.2) is 6.54 Å². The molecule has 0 saturated carbocycles. The Kier molecular flexibility index (Phi) is 3.77. The minimum atomic E-state index is -3.00. The van der Waals surface area contributed by atoms with Crippen molar-refractivity contribution in [3.05, 3.63) is 28.4 Å². The highest BCUT2D eigenvalue weighted by atomic mass is 19.3. The molecule has 1 rings (SSSR count). The molecule has 17 heavy (non-hydrogen) atoms. The maximum Gasteiger partial charge on any atom is 0.323 e. The average Bonchev–Trinajstić information content (AvgIpc) is 2.62. The van der Waals surface area contributed by atoms with Gasteiger partial charge in [0.05, 0.1) is 12.7 Å². The fraction of sp³-hybridized carbons (Fsp3) is 0.444. The first kappa shape index (κ1) is 13.1. The van der Waals surface area contributed by atoms with Crippen molar-refractivity contribution in [1.29, 1.82) is 0 Å². The fourth-order valence-electron chi connectivity index (χ4n) is 1.17. The van der Waals surface area contributed by atoms with E-state index in [4.69, 9.17) is 0 Å². The first-order valence-corrected chi connectivity index (χ1v) is 4.73. The van der Waals surface area contributed by atoms with Crippen LogP contribution in [0.4, 0.5) is 14.6 Å². The Hall–Kier alpha value is -1.99. The molecule has 0 bridgehead atoms. The van der Waals surface area contributed by atoms with Crippen molar-refractivity contribution in [2.45, 2.75) is 19.4 Å². The second-order valence-corrected chi connectivity index (χ2v) is 3.60. The largest absolute Gasteiger partial charge is 0.358 e. The van der Waals surface area contributed by atoms with Crippen molar-refractivity contribution in [3.63, 3.8) is 0 Å². The van der Waals surface area contributed by atoms with Crippen molar-refractivity contribution in [2.24, 2.45) is 0 Å². The van der Waals surface area contributed by atoms with E-state index in [9.17, 15) is 23.7 Å². The SMILES string of the molecule is CC(F)(F)CNC(=O)Cn1cccc1[N+](=O)[O-]. The summed E-state index contributed by atoms with van der Waals surface area (Å²) in [6, 6.07) is 2.63. The summed E-state index contributed by atoms with van der Waals surface area (Å²) in [5, 5.41) is 12.5. The molecule has 1 aromatic rings. The maximum atomic E-state index is 12.4. The summed E-state index contributed by atoms with van der Waals surface area (Å²) < 4.78 is 26.0. The van der Waals surface area contributed by atoms with Gasteiger partial charge in [-0.25, -0.2) is 13.3 Å². The zero-order valence-electron chi connectivity index (χ0n) is 9.02. The van der Waals surface area contributed by atoms with Crippen LogP contribution in [0.15, 0.2) is 18.3 Å². The highest BCUT2D eigenvalue weighted by molar-refractivity contribution is 5.76. The molecule has 1 heterocycles. The van der Waals surface area contributed by atoms with Gasteiger partial charge in [-0.2, -0.15) is 0 Å². The number of nitrogens with zero attached hydrogens (tertiary/aromatic N) is 2. The lowest BCUT2D eigenvalue weighted by atomic mass is 10.4. The molecular weight excluding hydrogens is 236 g/mol. The fourth-order valence-corrected chi connectivity index (χ4v) is 1.17. The van der Waals surface area contributed by atoms with Crippen LogP contribution in [-0.4, -0.2) is 27.9 Å². The number of carbonyl (C=O) groups excluding carboxylic acids is 1. The second kappa shape index (κ2) is 4.89. The van der Waals surface area contributed by atoms with Gasteiger partial charge in [-0.1, -0.05) is 0 Å². The summed E-state index contributed by atoms with van der Waals surface area (Å²) >= 11 is 0. The molecule has 0 unspecified atom stereocenters. The van der Waals surface area contributed by atoms with Gasteiger partial charge in [0.2, 0.25) is 0 Å². The molecule has 0 aliphatic heterocycles. The van der Waals surface area contributed by atoms with Crippen LogP contribution in [0, 0.1) is 10.1 Å². The molecule has 0 saturated heterocycles. The Morgan fingerprint density at radius 3 is 2.82 bits per heavy atom. The molecule has 8 heteroatoms. The van der Waals surface area contributed by atoms with E-state index in [1.807, 2.05) is 5.32 Å². The zero-order valence-corrected chi connectivity index (χ0v) is 9.02. The lowest BCUT2D eigenvalue weighted by Gasteiger charge is -2.10. The minimum absolute atomic E-state index is 0.261. The molecule has 0 aliphatic rings. The normalized spacial score (nSPS) is 11.2. The zero-order chi connectivity index (χ0) is 13.1. The average molecular weight is 247 g/mol. The Morgan fingerprint density at radius 2 is 2.29 bits per heavy atom.